The average Bonchev–Trinajstić information content (AvgIpc) is 2.70. The van der Waals surface area contributed by atoms with Crippen molar-refractivity contribution < 1.29 is 14.2 Å². The third-order valence-corrected chi connectivity index (χ3v) is 4.88. The van der Waals surface area contributed by atoms with Crippen molar-refractivity contribution >= 4 is 0 Å². The third kappa shape index (κ3) is 4.68. The van der Waals surface area contributed by atoms with Crippen LogP contribution in [0.15, 0.2) is 42.5 Å². The van der Waals surface area contributed by atoms with Gasteiger partial charge in [0.2, 0.25) is 0 Å². The highest BCUT2D eigenvalue weighted by molar-refractivity contribution is 5.42. The lowest BCUT2D eigenvalue weighted by atomic mass is 10.1. The molecule has 5 nitrogen and oxygen atoms in total. The molecule has 1 aliphatic heterocycles. The minimum atomic E-state index is 0.778. The first-order valence-electron chi connectivity index (χ1n) is 9.00. The zero-order chi connectivity index (χ0) is 18.4. The van der Waals surface area contributed by atoms with E-state index in [9.17, 15) is 0 Å². The first-order chi connectivity index (χ1) is 12.7. The van der Waals surface area contributed by atoms with Gasteiger partial charge in [0.1, 0.15) is 5.75 Å². The lowest BCUT2D eigenvalue weighted by Gasteiger charge is -2.34. The number of ether oxygens (including phenoxy) is 3. The molecule has 0 spiro atoms. The van der Waals surface area contributed by atoms with Gasteiger partial charge < -0.3 is 14.2 Å². The molecule has 0 radical (unpaired) electrons. The van der Waals surface area contributed by atoms with E-state index in [-0.39, 0.29) is 0 Å². The molecular formula is C21H28N2O3. The zero-order valence-corrected chi connectivity index (χ0v) is 15.9. The summed E-state index contributed by atoms with van der Waals surface area (Å²) in [6, 6.07) is 14.5. The van der Waals surface area contributed by atoms with Crippen LogP contribution in [0.1, 0.15) is 11.1 Å². The fraction of sp³-hybridized carbons (Fsp3) is 0.429. The first-order valence-corrected chi connectivity index (χ1v) is 9.00. The van der Waals surface area contributed by atoms with Crippen molar-refractivity contribution in [2.24, 2.45) is 0 Å². The SMILES string of the molecule is COc1ccc(CN2CCN(Cc3ccc(OC)c(OC)c3)CC2)cc1. The van der Waals surface area contributed by atoms with Crippen molar-refractivity contribution in [2.75, 3.05) is 47.5 Å². The molecule has 1 saturated heterocycles. The summed E-state index contributed by atoms with van der Waals surface area (Å²) in [4.78, 5) is 5.00. The Morgan fingerprint density at radius 3 is 1.73 bits per heavy atom. The summed E-state index contributed by atoms with van der Waals surface area (Å²) in [6.07, 6.45) is 0. The van der Waals surface area contributed by atoms with Gasteiger partial charge in [-0.25, -0.2) is 0 Å². The van der Waals surface area contributed by atoms with Crippen LogP contribution in [0.25, 0.3) is 0 Å². The van der Waals surface area contributed by atoms with Crippen molar-refractivity contribution in [2.45, 2.75) is 13.1 Å². The summed E-state index contributed by atoms with van der Waals surface area (Å²) in [7, 11) is 5.05. The predicted octanol–water partition coefficient (Wildman–Crippen LogP) is 3.03. The predicted molar refractivity (Wildman–Crippen MR) is 103 cm³/mol. The number of nitrogens with zero attached hydrogens (tertiary/aromatic N) is 2. The molecule has 26 heavy (non-hydrogen) atoms. The molecule has 1 aliphatic rings. The van der Waals surface area contributed by atoms with Gasteiger partial charge in [0.25, 0.3) is 0 Å². The minimum absolute atomic E-state index is 0.778. The first kappa shape index (κ1) is 18.5. The Balaban J connectivity index is 1.50. The van der Waals surface area contributed by atoms with E-state index in [1.807, 2.05) is 18.2 Å². The van der Waals surface area contributed by atoms with Crippen molar-refractivity contribution in [3.63, 3.8) is 0 Å². The standard InChI is InChI=1S/C21H28N2O3/c1-24-19-7-4-17(5-8-19)15-22-10-12-23(13-11-22)16-18-6-9-20(25-2)21(14-18)26-3/h4-9,14H,10-13,15-16H2,1-3H3. The molecule has 2 aromatic carbocycles. The number of hydrogen-bond donors (Lipinski definition) is 0. The quantitative estimate of drug-likeness (QED) is 0.762. The van der Waals surface area contributed by atoms with Crippen molar-refractivity contribution in [1.29, 1.82) is 0 Å². The van der Waals surface area contributed by atoms with E-state index in [0.29, 0.717) is 0 Å². The minimum Gasteiger partial charge on any atom is -0.497 e. The zero-order valence-electron chi connectivity index (χ0n) is 15.9. The molecule has 1 heterocycles. The Kier molecular flexibility index (Phi) is 6.36. The van der Waals surface area contributed by atoms with Gasteiger partial charge >= 0.3 is 0 Å². The van der Waals surface area contributed by atoms with E-state index < -0.39 is 0 Å². The molecule has 140 valence electrons. The maximum absolute atomic E-state index is 5.41. The second kappa shape index (κ2) is 8.92. The Labute approximate surface area is 156 Å². The highest BCUT2D eigenvalue weighted by Crippen LogP contribution is 2.28. The largest absolute Gasteiger partial charge is 0.497 e. The van der Waals surface area contributed by atoms with Gasteiger partial charge in [0.15, 0.2) is 11.5 Å². The van der Waals surface area contributed by atoms with E-state index in [0.717, 1.165) is 56.5 Å². The fourth-order valence-corrected chi connectivity index (χ4v) is 3.33. The monoisotopic (exact) mass is 356 g/mol. The highest BCUT2D eigenvalue weighted by Gasteiger charge is 2.17. The summed E-state index contributed by atoms with van der Waals surface area (Å²) in [5.74, 6) is 2.48. The normalized spacial score (nSPS) is 15.7. The second-order valence-corrected chi connectivity index (χ2v) is 6.59. The van der Waals surface area contributed by atoms with E-state index in [2.05, 4.69) is 34.1 Å². The van der Waals surface area contributed by atoms with E-state index in [4.69, 9.17) is 14.2 Å². The van der Waals surface area contributed by atoms with Gasteiger partial charge in [-0.1, -0.05) is 18.2 Å². The van der Waals surface area contributed by atoms with Gasteiger partial charge in [-0.05, 0) is 35.4 Å². The number of hydrogen-bond acceptors (Lipinski definition) is 5. The van der Waals surface area contributed by atoms with E-state index in [1.54, 1.807) is 21.3 Å². The summed E-state index contributed by atoms with van der Waals surface area (Å²) in [5.41, 5.74) is 2.59. The number of methoxy groups -OCH3 is 3. The summed E-state index contributed by atoms with van der Waals surface area (Å²) >= 11 is 0. The molecule has 0 atom stereocenters. The van der Waals surface area contributed by atoms with E-state index in [1.165, 1.54) is 11.1 Å². The smallest absolute Gasteiger partial charge is 0.161 e. The van der Waals surface area contributed by atoms with Crippen LogP contribution in [0.2, 0.25) is 0 Å². The van der Waals surface area contributed by atoms with Gasteiger partial charge in [-0.15, -0.1) is 0 Å². The Morgan fingerprint density at radius 1 is 0.654 bits per heavy atom. The summed E-state index contributed by atoms with van der Waals surface area (Å²) in [5, 5.41) is 0. The molecule has 0 saturated carbocycles. The molecule has 0 bridgehead atoms. The lowest BCUT2D eigenvalue weighted by molar-refractivity contribution is 0.122. The van der Waals surface area contributed by atoms with Crippen LogP contribution < -0.4 is 14.2 Å². The maximum atomic E-state index is 5.41. The van der Waals surface area contributed by atoms with Crippen LogP contribution in [-0.4, -0.2) is 57.3 Å². The second-order valence-electron chi connectivity index (χ2n) is 6.59. The fourth-order valence-electron chi connectivity index (χ4n) is 3.33. The molecule has 0 amide bonds. The van der Waals surface area contributed by atoms with Crippen LogP contribution in [0.4, 0.5) is 0 Å². The van der Waals surface area contributed by atoms with Crippen LogP contribution >= 0.6 is 0 Å². The molecule has 0 aromatic heterocycles. The molecule has 2 aromatic rings. The Morgan fingerprint density at radius 2 is 1.19 bits per heavy atom. The van der Waals surface area contributed by atoms with Crippen LogP contribution in [-0.2, 0) is 13.1 Å². The third-order valence-electron chi connectivity index (χ3n) is 4.88. The molecular weight excluding hydrogens is 328 g/mol. The highest BCUT2D eigenvalue weighted by atomic mass is 16.5. The van der Waals surface area contributed by atoms with Crippen molar-refractivity contribution in [1.82, 2.24) is 9.80 Å². The molecule has 1 fully saturated rings. The molecule has 0 N–H and O–H groups in total. The summed E-state index contributed by atoms with van der Waals surface area (Å²) in [6.45, 7) is 6.25. The number of rotatable bonds is 7. The Bertz CT molecular complexity index is 695. The van der Waals surface area contributed by atoms with Gasteiger partial charge in [0, 0.05) is 39.3 Å². The topological polar surface area (TPSA) is 34.2 Å². The van der Waals surface area contributed by atoms with Crippen molar-refractivity contribution in [3.05, 3.63) is 53.6 Å². The van der Waals surface area contributed by atoms with Crippen LogP contribution in [0, 0.1) is 0 Å². The van der Waals surface area contributed by atoms with Crippen LogP contribution in [0.3, 0.4) is 0 Å². The number of benzene rings is 2. The molecule has 3 rings (SSSR count). The molecule has 5 heteroatoms. The van der Waals surface area contributed by atoms with Gasteiger partial charge in [-0.3, -0.25) is 9.80 Å². The maximum Gasteiger partial charge on any atom is 0.161 e. The lowest BCUT2D eigenvalue weighted by Crippen LogP contribution is -2.45. The number of piperazine rings is 1. The van der Waals surface area contributed by atoms with Gasteiger partial charge in [-0.2, -0.15) is 0 Å². The average molecular weight is 356 g/mol. The van der Waals surface area contributed by atoms with Gasteiger partial charge in [0.05, 0.1) is 21.3 Å². The molecule has 0 aliphatic carbocycles. The van der Waals surface area contributed by atoms with Crippen LogP contribution in [0.5, 0.6) is 17.2 Å². The Hall–Kier alpha value is -2.24. The van der Waals surface area contributed by atoms with Crippen molar-refractivity contribution in [3.8, 4) is 17.2 Å². The summed E-state index contributed by atoms with van der Waals surface area (Å²) < 4.78 is 15.9. The van der Waals surface area contributed by atoms with E-state index >= 15 is 0 Å². The molecule has 0 unspecified atom stereocenters.